The molecule has 1 rings (SSSR count). The van der Waals surface area contributed by atoms with E-state index in [4.69, 9.17) is 0 Å². The van der Waals surface area contributed by atoms with Gasteiger partial charge in [0.15, 0.2) is 0 Å². The standard InChI is InChI=1S/C12H26N2O/c1-12(15)11-13(2)7-6-10-14-8-4-3-5-9-14/h12,15H,3-11H2,1-2H3. The van der Waals surface area contributed by atoms with E-state index in [0.717, 1.165) is 13.1 Å². The summed E-state index contributed by atoms with van der Waals surface area (Å²) in [4.78, 5) is 4.79. The zero-order valence-electron chi connectivity index (χ0n) is 10.3. The second-order valence-electron chi connectivity index (χ2n) is 4.87. The van der Waals surface area contributed by atoms with Crippen LogP contribution in [-0.2, 0) is 0 Å². The van der Waals surface area contributed by atoms with Crippen LogP contribution in [0, 0.1) is 0 Å². The lowest BCUT2D eigenvalue weighted by atomic mass is 10.1. The van der Waals surface area contributed by atoms with E-state index in [9.17, 15) is 5.11 Å². The Bertz CT molecular complexity index is 156. The Hall–Kier alpha value is -0.120. The number of likely N-dealkylation sites (tertiary alicyclic amines) is 1. The van der Waals surface area contributed by atoms with Crippen molar-refractivity contribution in [1.82, 2.24) is 9.80 Å². The van der Waals surface area contributed by atoms with Crippen molar-refractivity contribution in [3.63, 3.8) is 0 Å². The predicted molar refractivity (Wildman–Crippen MR) is 64.1 cm³/mol. The van der Waals surface area contributed by atoms with Gasteiger partial charge in [-0.3, -0.25) is 0 Å². The Kier molecular flexibility index (Phi) is 6.22. The Morgan fingerprint density at radius 2 is 1.93 bits per heavy atom. The normalized spacial score (nSPS) is 20.8. The molecule has 0 bridgehead atoms. The van der Waals surface area contributed by atoms with Gasteiger partial charge in [-0.05, 0) is 59.4 Å². The van der Waals surface area contributed by atoms with Gasteiger partial charge in [0.2, 0.25) is 0 Å². The summed E-state index contributed by atoms with van der Waals surface area (Å²) in [6.45, 7) is 7.55. The summed E-state index contributed by atoms with van der Waals surface area (Å²) >= 11 is 0. The summed E-state index contributed by atoms with van der Waals surface area (Å²) < 4.78 is 0. The lowest BCUT2D eigenvalue weighted by Crippen LogP contribution is -2.34. The van der Waals surface area contributed by atoms with Crippen LogP contribution in [0.25, 0.3) is 0 Å². The zero-order valence-corrected chi connectivity index (χ0v) is 10.3. The van der Waals surface area contributed by atoms with Crippen LogP contribution in [0.15, 0.2) is 0 Å². The van der Waals surface area contributed by atoms with Crippen molar-refractivity contribution < 1.29 is 5.11 Å². The third-order valence-electron chi connectivity index (χ3n) is 3.04. The predicted octanol–water partition coefficient (Wildman–Crippen LogP) is 1.18. The number of hydrogen-bond donors (Lipinski definition) is 1. The first-order chi connectivity index (χ1) is 7.18. The van der Waals surface area contributed by atoms with Crippen LogP contribution >= 0.6 is 0 Å². The molecule has 0 aromatic carbocycles. The fourth-order valence-electron chi connectivity index (χ4n) is 2.29. The molecule has 1 aliphatic rings. The van der Waals surface area contributed by atoms with Crippen molar-refractivity contribution in [3.05, 3.63) is 0 Å². The van der Waals surface area contributed by atoms with E-state index in [-0.39, 0.29) is 6.10 Å². The highest BCUT2D eigenvalue weighted by Crippen LogP contribution is 2.08. The lowest BCUT2D eigenvalue weighted by Gasteiger charge is -2.27. The molecular weight excluding hydrogens is 188 g/mol. The molecule has 0 spiro atoms. The van der Waals surface area contributed by atoms with Gasteiger partial charge >= 0.3 is 0 Å². The fourth-order valence-corrected chi connectivity index (χ4v) is 2.29. The molecular formula is C12H26N2O. The minimum atomic E-state index is -0.204. The maximum Gasteiger partial charge on any atom is 0.0638 e. The average molecular weight is 214 g/mol. The number of rotatable bonds is 6. The van der Waals surface area contributed by atoms with Gasteiger partial charge in [-0.15, -0.1) is 0 Å². The van der Waals surface area contributed by atoms with Crippen molar-refractivity contribution in [2.24, 2.45) is 0 Å². The van der Waals surface area contributed by atoms with Gasteiger partial charge in [0.1, 0.15) is 0 Å². The average Bonchev–Trinajstić information content (AvgIpc) is 2.18. The van der Waals surface area contributed by atoms with Crippen molar-refractivity contribution in [3.8, 4) is 0 Å². The summed E-state index contributed by atoms with van der Waals surface area (Å²) in [6, 6.07) is 0. The van der Waals surface area contributed by atoms with Gasteiger partial charge in [-0.2, -0.15) is 0 Å². The smallest absolute Gasteiger partial charge is 0.0638 e. The number of nitrogens with zero attached hydrogens (tertiary/aromatic N) is 2. The summed E-state index contributed by atoms with van der Waals surface area (Å²) in [5, 5.41) is 9.22. The number of likely N-dealkylation sites (N-methyl/N-ethyl adjacent to an activating group) is 1. The van der Waals surface area contributed by atoms with Crippen molar-refractivity contribution in [2.45, 2.75) is 38.7 Å². The Labute approximate surface area is 94.1 Å². The Morgan fingerprint density at radius 1 is 1.27 bits per heavy atom. The first-order valence-corrected chi connectivity index (χ1v) is 6.27. The second-order valence-corrected chi connectivity index (χ2v) is 4.87. The number of aliphatic hydroxyl groups excluding tert-OH is 1. The van der Waals surface area contributed by atoms with E-state index in [1.807, 2.05) is 6.92 Å². The zero-order chi connectivity index (χ0) is 11.1. The van der Waals surface area contributed by atoms with Gasteiger partial charge < -0.3 is 14.9 Å². The molecule has 3 nitrogen and oxygen atoms in total. The molecule has 3 heteroatoms. The summed E-state index contributed by atoms with van der Waals surface area (Å²) in [6.07, 6.45) is 5.19. The van der Waals surface area contributed by atoms with Crippen molar-refractivity contribution in [2.75, 3.05) is 39.8 Å². The Morgan fingerprint density at radius 3 is 2.53 bits per heavy atom. The van der Waals surface area contributed by atoms with Gasteiger partial charge in [0.25, 0.3) is 0 Å². The fraction of sp³-hybridized carbons (Fsp3) is 1.00. The molecule has 0 aromatic heterocycles. The molecule has 1 N–H and O–H groups in total. The highest BCUT2D eigenvalue weighted by Gasteiger charge is 2.09. The minimum Gasteiger partial charge on any atom is -0.392 e. The van der Waals surface area contributed by atoms with Gasteiger partial charge in [0.05, 0.1) is 6.10 Å². The first kappa shape index (κ1) is 12.9. The van der Waals surface area contributed by atoms with E-state index in [1.165, 1.54) is 45.3 Å². The largest absolute Gasteiger partial charge is 0.392 e. The molecule has 1 heterocycles. The monoisotopic (exact) mass is 214 g/mol. The maximum absolute atomic E-state index is 9.22. The van der Waals surface area contributed by atoms with E-state index in [2.05, 4.69) is 16.8 Å². The van der Waals surface area contributed by atoms with Crippen molar-refractivity contribution in [1.29, 1.82) is 0 Å². The third kappa shape index (κ3) is 6.13. The topological polar surface area (TPSA) is 26.7 Å². The van der Waals surface area contributed by atoms with Crippen LogP contribution in [0.2, 0.25) is 0 Å². The third-order valence-corrected chi connectivity index (χ3v) is 3.04. The van der Waals surface area contributed by atoms with Crippen LogP contribution in [-0.4, -0.2) is 60.8 Å². The molecule has 1 unspecified atom stereocenters. The number of hydrogen-bond acceptors (Lipinski definition) is 3. The molecule has 90 valence electrons. The first-order valence-electron chi connectivity index (χ1n) is 6.27. The van der Waals surface area contributed by atoms with E-state index >= 15 is 0 Å². The van der Waals surface area contributed by atoms with E-state index < -0.39 is 0 Å². The quantitative estimate of drug-likeness (QED) is 0.719. The SMILES string of the molecule is CC(O)CN(C)CCCN1CCCCC1. The molecule has 0 radical (unpaired) electrons. The van der Waals surface area contributed by atoms with Crippen LogP contribution in [0.5, 0.6) is 0 Å². The minimum absolute atomic E-state index is 0.204. The summed E-state index contributed by atoms with van der Waals surface area (Å²) in [5.41, 5.74) is 0. The lowest BCUT2D eigenvalue weighted by molar-refractivity contribution is 0.136. The van der Waals surface area contributed by atoms with Crippen LogP contribution < -0.4 is 0 Å². The van der Waals surface area contributed by atoms with E-state index in [0.29, 0.717) is 0 Å². The van der Waals surface area contributed by atoms with Crippen LogP contribution in [0.3, 0.4) is 0 Å². The molecule has 1 aliphatic heterocycles. The van der Waals surface area contributed by atoms with Gasteiger partial charge in [0, 0.05) is 6.54 Å². The van der Waals surface area contributed by atoms with Gasteiger partial charge in [-0.1, -0.05) is 6.42 Å². The number of aliphatic hydroxyl groups is 1. The molecule has 1 atom stereocenters. The molecule has 0 aromatic rings. The second kappa shape index (κ2) is 7.20. The van der Waals surface area contributed by atoms with Crippen molar-refractivity contribution >= 4 is 0 Å². The Balaban J connectivity index is 1.99. The molecule has 0 aliphatic carbocycles. The number of piperidine rings is 1. The van der Waals surface area contributed by atoms with E-state index in [1.54, 1.807) is 0 Å². The van der Waals surface area contributed by atoms with Gasteiger partial charge in [-0.25, -0.2) is 0 Å². The maximum atomic E-state index is 9.22. The highest BCUT2D eigenvalue weighted by molar-refractivity contribution is 4.65. The molecule has 1 saturated heterocycles. The summed E-state index contributed by atoms with van der Waals surface area (Å²) in [7, 11) is 2.09. The summed E-state index contributed by atoms with van der Waals surface area (Å²) in [5.74, 6) is 0. The molecule has 0 amide bonds. The highest BCUT2D eigenvalue weighted by atomic mass is 16.3. The molecule has 1 fully saturated rings. The van der Waals surface area contributed by atoms with Crippen LogP contribution in [0.4, 0.5) is 0 Å². The molecule has 0 saturated carbocycles. The molecule has 15 heavy (non-hydrogen) atoms. The van der Waals surface area contributed by atoms with Crippen LogP contribution in [0.1, 0.15) is 32.6 Å².